The highest BCUT2D eigenvalue weighted by molar-refractivity contribution is 7.89. The SMILES string of the molecule is CCS(=O)(=O)N[C@H]1CCc2ccc(C)c(=O)n2[C@H]1COC1CCC(c2ccccc2)CC1. The van der Waals surface area contributed by atoms with Gasteiger partial charge < -0.3 is 9.30 Å². The number of sulfonamides is 1. The summed E-state index contributed by atoms with van der Waals surface area (Å²) in [7, 11) is -3.38. The molecule has 174 valence electrons. The molecule has 1 saturated carbocycles. The number of hydrogen-bond donors (Lipinski definition) is 1. The van der Waals surface area contributed by atoms with E-state index in [0.717, 1.165) is 31.4 Å². The number of aromatic nitrogens is 1. The van der Waals surface area contributed by atoms with Crippen LogP contribution in [0.15, 0.2) is 47.3 Å². The maximum Gasteiger partial charge on any atom is 0.254 e. The van der Waals surface area contributed by atoms with Gasteiger partial charge in [0.2, 0.25) is 10.0 Å². The Morgan fingerprint density at radius 1 is 1.03 bits per heavy atom. The van der Waals surface area contributed by atoms with E-state index < -0.39 is 10.0 Å². The summed E-state index contributed by atoms with van der Waals surface area (Å²) in [4.78, 5) is 13.0. The molecular formula is C25H34N2O4S. The van der Waals surface area contributed by atoms with Gasteiger partial charge in [0.05, 0.1) is 24.5 Å². The molecule has 2 atom stereocenters. The van der Waals surface area contributed by atoms with E-state index in [0.29, 0.717) is 30.9 Å². The summed E-state index contributed by atoms with van der Waals surface area (Å²) in [5.41, 5.74) is 2.96. The average molecular weight is 459 g/mol. The first-order chi connectivity index (χ1) is 15.4. The van der Waals surface area contributed by atoms with E-state index in [9.17, 15) is 13.2 Å². The van der Waals surface area contributed by atoms with Gasteiger partial charge in [0.25, 0.3) is 5.56 Å². The summed E-state index contributed by atoms with van der Waals surface area (Å²) in [6.45, 7) is 3.78. The third-order valence-electron chi connectivity index (χ3n) is 7.06. The zero-order valence-electron chi connectivity index (χ0n) is 19.0. The minimum Gasteiger partial charge on any atom is -0.376 e. The lowest BCUT2D eigenvalue weighted by Gasteiger charge is -2.37. The van der Waals surface area contributed by atoms with Gasteiger partial charge in [-0.15, -0.1) is 0 Å². The Bertz CT molecular complexity index is 1070. The van der Waals surface area contributed by atoms with Crippen molar-refractivity contribution in [3.63, 3.8) is 0 Å². The lowest BCUT2D eigenvalue weighted by atomic mass is 9.83. The van der Waals surface area contributed by atoms with Crippen LogP contribution in [-0.2, 0) is 21.2 Å². The minimum absolute atomic E-state index is 0.0240. The van der Waals surface area contributed by atoms with Crippen molar-refractivity contribution in [3.8, 4) is 0 Å². The number of aryl methyl sites for hydroxylation is 2. The molecule has 0 amide bonds. The van der Waals surface area contributed by atoms with Crippen molar-refractivity contribution in [3.05, 3.63) is 69.6 Å². The highest BCUT2D eigenvalue weighted by Crippen LogP contribution is 2.34. The molecule has 1 aliphatic carbocycles. The van der Waals surface area contributed by atoms with Crippen molar-refractivity contribution >= 4 is 10.0 Å². The number of hydrogen-bond acceptors (Lipinski definition) is 4. The van der Waals surface area contributed by atoms with Crippen molar-refractivity contribution in [1.82, 2.24) is 9.29 Å². The van der Waals surface area contributed by atoms with Crippen LogP contribution in [0.5, 0.6) is 0 Å². The molecule has 32 heavy (non-hydrogen) atoms. The summed E-state index contributed by atoms with van der Waals surface area (Å²) >= 11 is 0. The summed E-state index contributed by atoms with van der Waals surface area (Å²) < 4.78 is 35.6. The van der Waals surface area contributed by atoms with Crippen LogP contribution in [0.3, 0.4) is 0 Å². The van der Waals surface area contributed by atoms with Gasteiger partial charge in [-0.05, 0) is 69.9 Å². The maximum atomic E-state index is 13.0. The van der Waals surface area contributed by atoms with Gasteiger partial charge in [0.15, 0.2) is 0 Å². The first-order valence-electron chi connectivity index (χ1n) is 11.8. The van der Waals surface area contributed by atoms with Crippen LogP contribution in [0.2, 0.25) is 0 Å². The van der Waals surface area contributed by atoms with Crippen LogP contribution in [-0.4, -0.2) is 37.5 Å². The third-order valence-corrected chi connectivity index (χ3v) is 8.48. The molecular weight excluding hydrogens is 424 g/mol. The number of fused-ring (bicyclic) bond motifs is 1. The van der Waals surface area contributed by atoms with Crippen LogP contribution >= 0.6 is 0 Å². The van der Waals surface area contributed by atoms with Gasteiger partial charge in [-0.2, -0.15) is 0 Å². The second-order valence-corrected chi connectivity index (χ2v) is 11.2. The molecule has 1 aromatic heterocycles. The van der Waals surface area contributed by atoms with Crippen molar-refractivity contribution < 1.29 is 13.2 Å². The summed E-state index contributed by atoms with van der Waals surface area (Å²) in [6, 6.07) is 13.8. The van der Waals surface area contributed by atoms with Crippen LogP contribution in [0, 0.1) is 6.92 Å². The Labute approximate surface area is 191 Å². The largest absolute Gasteiger partial charge is 0.376 e. The molecule has 6 nitrogen and oxygen atoms in total. The Balaban J connectivity index is 1.47. The number of rotatable bonds is 7. The molecule has 1 aromatic carbocycles. The molecule has 0 unspecified atom stereocenters. The molecule has 1 fully saturated rings. The molecule has 2 heterocycles. The smallest absolute Gasteiger partial charge is 0.254 e. The fraction of sp³-hybridized carbons (Fsp3) is 0.560. The zero-order chi connectivity index (χ0) is 22.7. The van der Waals surface area contributed by atoms with E-state index in [1.54, 1.807) is 18.4 Å². The second-order valence-electron chi connectivity index (χ2n) is 9.13. The summed E-state index contributed by atoms with van der Waals surface area (Å²) in [6.07, 6.45) is 5.60. The maximum absolute atomic E-state index is 13.0. The van der Waals surface area contributed by atoms with Gasteiger partial charge >= 0.3 is 0 Å². The Kier molecular flexibility index (Phi) is 7.17. The van der Waals surface area contributed by atoms with Gasteiger partial charge in [0.1, 0.15) is 0 Å². The molecule has 0 saturated heterocycles. The zero-order valence-corrected chi connectivity index (χ0v) is 19.8. The lowest BCUT2D eigenvalue weighted by molar-refractivity contribution is -0.00169. The number of ether oxygens (including phenoxy) is 1. The van der Waals surface area contributed by atoms with Gasteiger partial charge in [-0.1, -0.05) is 36.4 Å². The Hall–Kier alpha value is -1.96. The molecule has 1 aliphatic heterocycles. The monoisotopic (exact) mass is 458 g/mol. The predicted octanol–water partition coefficient (Wildman–Crippen LogP) is 3.69. The molecule has 1 N–H and O–H groups in total. The van der Waals surface area contributed by atoms with E-state index in [4.69, 9.17) is 4.74 Å². The Morgan fingerprint density at radius 3 is 2.44 bits per heavy atom. The predicted molar refractivity (Wildman–Crippen MR) is 127 cm³/mol. The van der Waals surface area contributed by atoms with Crippen LogP contribution in [0.4, 0.5) is 0 Å². The minimum atomic E-state index is -3.38. The van der Waals surface area contributed by atoms with Crippen LogP contribution < -0.4 is 10.3 Å². The van der Waals surface area contributed by atoms with E-state index in [-0.39, 0.29) is 29.5 Å². The molecule has 0 bridgehead atoms. The van der Waals surface area contributed by atoms with Crippen molar-refractivity contribution in [1.29, 1.82) is 0 Å². The van der Waals surface area contributed by atoms with Crippen LogP contribution in [0.1, 0.15) is 67.8 Å². The first-order valence-corrected chi connectivity index (χ1v) is 13.4. The fourth-order valence-electron chi connectivity index (χ4n) is 5.10. The topological polar surface area (TPSA) is 77.4 Å². The average Bonchev–Trinajstić information content (AvgIpc) is 2.81. The van der Waals surface area contributed by atoms with E-state index >= 15 is 0 Å². The molecule has 0 spiro atoms. The summed E-state index contributed by atoms with van der Waals surface area (Å²) in [5.74, 6) is 0.594. The van der Waals surface area contributed by atoms with E-state index in [1.165, 1.54) is 5.56 Å². The highest BCUT2D eigenvalue weighted by Gasteiger charge is 2.34. The molecule has 4 rings (SSSR count). The van der Waals surface area contributed by atoms with Gasteiger partial charge in [-0.25, -0.2) is 13.1 Å². The molecule has 2 aromatic rings. The van der Waals surface area contributed by atoms with Gasteiger partial charge in [0, 0.05) is 17.3 Å². The van der Waals surface area contributed by atoms with Crippen LogP contribution in [0.25, 0.3) is 0 Å². The number of benzene rings is 1. The molecule has 0 radical (unpaired) electrons. The van der Waals surface area contributed by atoms with Crippen molar-refractivity contribution in [2.45, 2.75) is 76.5 Å². The van der Waals surface area contributed by atoms with Crippen molar-refractivity contribution in [2.75, 3.05) is 12.4 Å². The number of nitrogens with one attached hydrogen (secondary N) is 1. The summed E-state index contributed by atoms with van der Waals surface area (Å²) in [5, 5.41) is 0. The van der Waals surface area contributed by atoms with E-state index in [1.807, 2.05) is 18.2 Å². The fourth-order valence-corrected chi connectivity index (χ4v) is 6.00. The first kappa shape index (κ1) is 23.2. The third kappa shape index (κ3) is 5.16. The quantitative estimate of drug-likeness (QED) is 0.686. The number of nitrogens with zero attached hydrogens (tertiary/aromatic N) is 1. The molecule has 2 aliphatic rings. The van der Waals surface area contributed by atoms with Gasteiger partial charge in [-0.3, -0.25) is 4.79 Å². The second kappa shape index (κ2) is 9.89. The number of pyridine rings is 1. The normalized spacial score (nSPS) is 25.9. The Morgan fingerprint density at radius 2 is 1.75 bits per heavy atom. The molecule has 7 heteroatoms. The van der Waals surface area contributed by atoms with Crippen molar-refractivity contribution in [2.24, 2.45) is 0 Å². The highest BCUT2D eigenvalue weighted by atomic mass is 32.2. The standard InChI is InChI=1S/C25H34N2O4S/c1-3-32(29,30)26-23-16-13-21-12-9-18(2)25(28)27(21)24(23)17-31-22-14-10-20(11-15-22)19-7-5-4-6-8-19/h4-9,12,20,22-24,26H,3,10-11,13-17H2,1-2H3/t20?,22?,23-,24-/m0/s1. The van der Waals surface area contributed by atoms with E-state index in [2.05, 4.69) is 29.0 Å². The lowest BCUT2D eigenvalue weighted by Crippen LogP contribution is -2.50.